The van der Waals surface area contributed by atoms with Gasteiger partial charge in [-0.1, -0.05) is 36.4 Å². The normalized spacial score (nSPS) is 16.2. The van der Waals surface area contributed by atoms with Crippen molar-refractivity contribution >= 4 is 5.91 Å². The highest BCUT2D eigenvalue weighted by Crippen LogP contribution is 2.24. The first-order valence-corrected chi connectivity index (χ1v) is 9.75. The van der Waals surface area contributed by atoms with E-state index < -0.39 is 0 Å². The van der Waals surface area contributed by atoms with Gasteiger partial charge >= 0.3 is 0 Å². The van der Waals surface area contributed by atoms with E-state index in [4.69, 9.17) is 0 Å². The van der Waals surface area contributed by atoms with E-state index in [1.54, 1.807) is 6.07 Å². The average Bonchev–Trinajstić information content (AvgIpc) is 2.90. The average molecular weight is 367 g/mol. The lowest BCUT2D eigenvalue weighted by atomic mass is 10.0. The van der Waals surface area contributed by atoms with Crippen LogP contribution >= 0.6 is 0 Å². The van der Waals surface area contributed by atoms with Gasteiger partial charge in [-0.05, 0) is 56.9 Å². The smallest absolute Gasteiger partial charge is 0.257 e. The highest BCUT2D eigenvalue weighted by molar-refractivity contribution is 5.97. The lowest BCUT2D eigenvalue weighted by Crippen LogP contribution is -2.44. The third-order valence-corrected chi connectivity index (χ3v) is 5.27. The Bertz CT molecular complexity index is 781. The van der Waals surface area contributed by atoms with Crippen LogP contribution in [0, 0.1) is 0 Å². The van der Waals surface area contributed by atoms with E-state index >= 15 is 0 Å². The molecule has 0 spiro atoms. The molecule has 1 aliphatic heterocycles. The first-order chi connectivity index (χ1) is 12.8. The van der Waals surface area contributed by atoms with Crippen LogP contribution < -0.4 is 0 Å². The zero-order chi connectivity index (χ0) is 19.4. The van der Waals surface area contributed by atoms with Crippen molar-refractivity contribution in [3.8, 4) is 5.75 Å². The van der Waals surface area contributed by atoms with Crippen molar-refractivity contribution in [2.45, 2.75) is 39.2 Å². The standard InChI is InChI=1S/C23H30N2O2/c1-23(2,3)25-13-7-12-24(14-15-25)22(27)20-17-19(10-11-21(20)26)16-18-8-5-4-6-9-18/h4-6,8-11,17,26H,7,12-16H2,1-3H3. The molecule has 1 saturated heterocycles. The lowest BCUT2D eigenvalue weighted by molar-refractivity contribution is 0.0746. The molecule has 4 nitrogen and oxygen atoms in total. The number of nitrogens with zero attached hydrogens (tertiary/aromatic N) is 2. The van der Waals surface area contributed by atoms with Gasteiger partial charge in [-0.2, -0.15) is 0 Å². The second kappa shape index (κ2) is 8.13. The summed E-state index contributed by atoms with van der Waals surface area (Å²) in [6.07, 6.45) is 1.70. The molecule has 1 amide bonds. The summed E-state index contributed by atoms with van der Waals surface area (Å²) in [5.74, 6) is -0.00749. The number of phenolic OH excluding ortho intramolecular Hbond substituents is 1. The number of hydrogen-bond acceptors (Lipinski definition) is 3. The number of hydrogen-bond donors (Lipinski definition) is 1. The van der Waals surface area contributed by atoms with E-state index in [1.165, 1.54) is 5.56 Å². The van der Waals surface area contributed by atoms with Gasteiger partial charge in [0.25, 0.3) is 5.91 Å². The molecule has 0 aliphatic carbocycles. The third kappa shape index (κ3) is 4.89. The van der Waals surface area contributed by atoms with Crippen molar-refractivity contribution in [2.75, 3.05) is 26.2 Å². The van der Waals surface area contributed by atoms with Crippen molar-refractivity contribution in [1.29, 1.82) is 0 Å². The Labute approximate surface area is 162 Å². The van der Waals surface area contributed by atoms with Gasteiger partial charge in [-0.3, -0.25) is 9.69 Å². The van der Waals surface area contributed by atoms with E-state index in [-0.39, 0.29) is 17.2 Å². The number of carbonyl (C=O) groups is 1. The van der Waals surface area contributed by atoms with Gasteiger partial charge in [-0.15, -0.1) is 0 Å². The second-order valence-corrected chi connectivity index (χ2v) is 8.32. The maximum absolute atomic E-state index is 13.1. The predicted molar refractivity (Wildman–Crippen MR) is 109 cm³/mol. The second-order valence-electron chi connectivity index (χ2n) is 8.32. The molecule has 2 aromatic rings. The maximum atomic E-state index is 13.1. The number of amides is 1. The SMILES string of the molecule is CC(C)(C)N1CCCN(C(=O)c2cc(Cc3ccccc3)ccc2O)CC1. The Hall–Kier alpha value is -2.33. The van der Waals surface area contributed by atoms with E-state index in [2.05, 4.69) is 37.8 Å². The minimum absolute atomic E-state index is 0.0636. The summed E-state index contributed by atoms with van der Waals surface area (Å²) in [6.45, 7) is 9.91. The Kier molecular flexibility index (Phi) is 5.85. The van der Waals surface area contributed by atoms with Crippen molar-refractivity contribution in [3.05, 3.63) is 65.2 Å². The van der Waals surface area contributed by atoms with Crippen LogP contribution in [-0.4, -0.2) is 52.5 Å². The summed E-state index contributed by atoms with van der Waals surface area (Å²) in [5, 5.41) is 10.3. The number of benzene rings is 2. The first-order valence-electron chi connectivity index (χ1n) is 9.75. The minimum atomic E-state index is -0.0711. The lowest BCUT2D eigenvalue weighted by Gasteiger charge is -2.34. The zero-order valence-corrected chi connectivity index (χ0v) is 16.6. The molecular weight excluding hydrogens is 336 g/mol. The summed E-state index contributed by atoms with van der Waals surface area (Å²) in [6, 6.07) is 15.6. The monoisotopic (exact) mass is 366 g/mol. The summed E-state index contributed by atoms with van der Waals surface area (Å²) in [7, 11) is 0. The molecule has 0 unspecified atom stereocenters. The molecule has 1 aliphatic rings. The summed E-state index contributed by atoms with van der Waals surface area (Å²) >= 11 is 0. The minimum Gasteiger partial charge on any atom is -0.507 e. The molecule has 0 bridgehead atoms. The summed E-state index contributed by atoms with van der Waals surface area (Å²) in [5.41, 5.74) is 2.75. The van der Waals surface area contributed by atoms with Crippen molar-refractivity contribution in [2.24, 2.45) is 0 Å². The molecule has 144 valence electrons. The molecule has 1 heterocycles. The van der Waals surface area contributed by atoms with Crippen LogP contribution in [-0.2, 0) is 6.42 Å². The largest absolute Gasteiger partial charge is 0.507 e. The van der Waals surface area contributed by atoms with Crippen molar-refractivity contribution in [1.82, 2.24) is 9.80 Å². The van der Waals surface area contributed by atoms with Gasteiger partial charge in [0.05, 0.1) is 5.56 Å². The van der Waals surface area contributed by atoms with E-state index in [0.717, 1.165) is 38.0 Å². The van der Waals surface area contributed by atoms with Gasteiger partial charge < -0.3 is 10.0 Å². The summed E-state index contributed by atoms with van der Waals surface area (Å²) < 4.78 is 0. The summed E-state index contributed by atoms with van der Waals surface area (Å²) in [4.78, 5) is 17.4. The van der Waals surface area contributed by atoms with Crippen LogP contribution in [0.4, 0.5) is 0 Å². The molecule has 3 rings (SSSR count). The molecule has 0 aromatic heterocycles. The molecule has 1 N–H and O–H groups in total. The first kappa shape index (κ1) is 19.4. The number of aromatic hydroxyl groups is 1. The Balaban J connectivity index is 1.75. The van der Waals surface area contributed by atoms with Gasteiger partial charge in [0.2, 0.25) is 0 Å². The van der Waals surface area contributed by atoms with Crippen LogP contribution in [0.3, 0.4) is 0 Å². The molecule has 4 heteroatoms. The highest BCUT2D eigenvalue weighted by Gasteiger charge is 2.27. The van der Waals surface area contributed by atoms with Crippen LogP contribution in [0.5, 0.6) is 5.75 Å². The van der Waals surface area contributed by atoms with Crippen LogP contribution in [0.1, 0.15) is 48.7 Å². The maximum Gasteiger partial charge on any atom is 0.257 e. The quantitative estimate of drug-likeness (QED) is 0.895. The third-order valence-electron chi connectivity index (χ3n) is 5.27. The molecule has 1 fully saturated rings. The Morgan fingerprint density at radius 3 is 2.41 bits per heavy atom. The van der Waals surface area contributed by atoms with Gasteiger partial charge in [0, 0.05) is 31.7 Å². The molecular formula is C23H30N2O2. The van der Waals surface area contributed by atoms with Gasteiger partial charge in [0.15, 0.2) is 0 Å². The van der Waals surface area contributed by atoms with Crippen molar-refractivity contribution < 1.29 is 9.90 Å². The van der Waals surface area contributed by atoms with Crippen LogP contribution in [0.15, 0.2) is 48.5 Å². The Morgan fingerprint density at radius 2 is 1.70 bits per heavy atom. The zero-order valence-electron chi connectivity index (χ0n) is 16.6. The van der Waals surface area contributed by atoms with E-state index in [1.807, 2.05) is 35.2 Å². The fourth-order valence-electron chi connectivity index (χ4n) is 3.66. The van der Waals surface area contributed by atoms with Crippen LogP contribution in [0.25, 0.3) is 0 Å². The van der Waals surface area contributed by atoms with Gasteiger partial charge in [-0.25, -0.2) is 0 Å². The number of carbonyl (C=O) groups excluding carboxylic acids is 1. The molecule has 27 heavy (non-hydrogen) atoms. The van der Waals surface area contributed by atoms with Gasteiger partial charge in [0.1, 0.15) is 5.75 Å². The fraction of sp³-hybridized carbons (Fsp3) is 0.435. The number of phenols is 1. The fourth-order valence-corrected chi connectivity index (χ4v) is 3.66. The topological polar surface area (TPSA) is 43.8 Å². The predicted octanol–water partition coefficient (Wildman–Crippen LogP) is 3.93. The van der Waals surface area contributed by atoms with E-state index in [0.29, 0.717) is 12.1 Å². The number of rotatable bonds is 3. The highest BCUT2D eigenvalue weighted by atomic mass is 16.3. The van der Waals surface area contributed by atoms with Crippen molar-refractivity contribution in [3.63, 3.8) is 0 Å². The van der Waals surface area contributed by atoms with Crippen LogP contribution in [0.2, 0.25) is 0 Å². The Morgan fingerprint density at radius 1 is 0.963 bits per heavy atom. The molecule has 0 radical (unpaired) electrons. The molecule has 0 atom stereocenters. The molecule has 2 aromatic carbocycles. The molecule has 0 saturated carbocycles. The van der Waals surface area contributed by atoms with E-state index in [9.17, 15) is 9.90 Å².